The van der Waals surface area contributed by atoms with Gasteiger partial charge in [-0.05, 0) is 32.1 Å². The Morgan fingerprint density at radius 3 is 2.76 bits per heavy atom. The minimum atomic E-state index is -2.41. The number of guanidine groups is 1. The van der Waals surface area contributed by atoms with Gasteiger partial charge in [-0.25, -0.2) is 13.8 Å². The fraction of sp³-hybridized carbons (Fsp3) is 0.929. The van der Waals surface area contributed by atoms with E-state index < -0.39 is 13.0 Å². The van der Waals surface area contributed by atoms with Gasteiger partial charge in [-0.15, -0.1) is 0 Å². The first-order valence-electron chi connectivity index (χ1n) is 7.68. The van der Waals surface area contributed by atoms with Crippen LogP contribution in [0.2, 0.25) is 0 Å². The van der Waals surface area contributed by atoms with Crippen molar-refractivity contribution >= 4 is 5.96 Å². The van der Waals surface area contributed by atoms with E-state index in [1.165, 1.54) is 0 Å². The van der Waals surface area contributed by atoms with Crippen LogP contribution in [-0.2, 0) is 9.47 Å². The molecule has 5 nitrogen and oxygen atoms in total. The lowest BCUT2D eigenvalue weighted by Gasteiger charge is -2.21. The third-order valence-electron chi connectivity index (χ3n) is 3.18. The molecule has 0 amide bonds. The lowest BCUT2D eigenvalue weighted by Crippen LogP contribution is -2.38. The molecule has 1 aliphatic heterocycles. The van der Waals surface area contributed by atoms with Crippen molar-refractivity contribution in [2.75, 3.05) is 46.1 Å². The Hall–Kier alpha value is -0.950. The van der Waals surface area contributed by atoms with Gasteiger partial charge in [-0.1, -0.05) is 0 Å². The Bertz CT molecular complexity index is 285. The van der Waals surface area contributed by atoms with Crippen molar-refractivity contribution in [1.82, 2.24) is 10.6 Å². The highest BCUT2D eigenvalue weighted by Crippen LogP contribution is 2.14. The van der Waals surface area contributed by atoms with Crippen LogP contribution in [0.3, 0.4) is 0 Å². The number of nitrogens with zero attached hydrogens (tertiary/aromatic N) is 1. The van der Waals surface area contributed by atoms with Gasteiger partial charge in [0.1, 0.15) is 6.54 Å². The second-order valence-electron chi connectivity index (χ2n) is 5.02. The number of aliphatic imine (C=N–C) groups is 1. The number of nitrogens with one attached hydrogen (secondary N) is 2. The van der Waals surface area contributed by atoms with Gasteiger partial charge in [0.15, 0.2) is 5.96 Å². The van der Waals surface area contributed by atoms with Gasteiger partial charge in [0.05, 0.1) is 0 Å². The van der Waals surface area contributed by atoms with Crippen molar-refractivity contribution in [2.45, 2.75) is 32.6 Å². The Balaban J connectivity index is 2.03. The molecule has 0 aromatic heterocycles. The SMILES string of the molecule is CCNC(=NCC(F)F)NCCCOCC1CCOCC1. The fourth-order valence-corrected chi connectivity index (χ4v) is 2.05. The molecule has 124 valence electrons. The third kappa shape index (κ3) is 9.57. The molecule has 0 radical (unpaired) electrons. The predicted octanol–water partition coefficient (Wildman–Crippen LogP) is 1.64. The van der Waals surface area contributed by atoms with E-state index in [0.29, 0.717) is 31.6 Å². The molecule has 7 heteroatoms. The van der Waals surface area contributed by atoms with Crippen LogP contribution in [0.5, 0.6) is 0 Å². The average molecular weight is 307 g/mol. The fourth-order valence-electron chi connectivity index (χ4n) is 2.05. The summed E-state index contributed by atoms with van der Waals surface area (Å²) in [4.78, 5) is 3.79. The summed E-state index contributed by atoms with van der Waals surface area (Å²) in [6.45, 7) is 5.84. The summed E-state index contributed by atoms with van der Waals surface area (Å²) in [7, 11) is 0. The molecular weight excluding hydrogens is 280 g/mol. The predicted molar refractivity (Wildman–Crippen MR) is 79.0 cm³/mol. The Labute approximate surface area is 125 Å². The normalized spacial score (nSPS) is 17.2. The zero-order chi connectivity index (χ0) is 15.3. The van der Waals surface area contributed by atoms with E-state index in [2.05, 4.69) is 15.6 Å². The minimum absolute atomic E-state index is 0.433. The van der Waals surface area contributed by atoms with Crippen molar-refractivity contribution < 1.29 is 18.3 Å². The Morgan fingerprint density at radius 2 is 2.10 bits per heavy atom. The summed E-state index contributed by atoms with van der Waals surface area (Å²) in [5.41, 5.74) is 0. The molecule has 2 N–H and O–H groups in total. The smallest absolute Gasteiger partial charge is 0.257 e. The number of rotatable bonds is 9. The molecule has 0 aromatic carbocycles. The van der Waals surface area contributed by atoms with Gasteiger partial charge in [-0.3, -0.25) is 0 Å². The average Bonchev–Trinajstić information content (AvgIpc) is 2.49. The molecule has 1 fully saturated rings. The Kier molecular flexibility index (Phi) is 10.1. The second-order valence-corrected chi connectivity index (χ2v) is 5.02. The van der Waals surface area contributed by atoms with Crippen molar-refractivity contribution in [2.24, 2.45) is 10.9 Å². The van der Waals surface area contributed by atoms with E-state index in [0.717, 1.165) is 39.1 Å². The maximum absolute atomic E-state index is 12.1. The molecule has 0 bridgehead atoms. The molecule has 0 spiro atoms. The lowest BCUT2D eigenvalue weighted by atomic mass is 10.0. The van der Waals surface area contributed by atoms with E-state index >= 15 is 0 Å². The molecule has 1 aliphatic rings. The molecule has 1 saturated heterocycles. The molecule has 0 aromatic rings. The largest absolute Gasteiger partial charge is 0.381 e. The van der Waals surface area contributed by atoms with Gasteiger partial charge in [-0.2, -0.15) is 0 Å². The number of alkyl halides is 2. The van der Waals surface area contributed by atoms with E-state index in [4.69, 9.17) is 9.47 Å². The summed E-state index contributed by atoms with van der Waals surface area (Å²) in [5, 5.41) is 5.95. The number of hydrogen-bond donors (Lipinski definition) is 2. The molecular formula is C14H27F2N3O2. The van der Waals surface area contributed by atoms with Gasteiger partial charge in [0.25, 0.3) is 6.43 Å². The lowest BCUT2D eigenvalue weighted by molar-refractivity contribution is 0.0203. The van der Waals surface area contributed by atoms with Gasteiger partial charge in [0.2, 0.25) is 0 Å². The van der Waals surface area contributed by atoms with Crippen LogP contribution >= 0.6 is 0 Å². The van der Waals surface area contributed by atoms with Crippen LogP contribution in [0.25, 0.3) is 0 Å². The maximum atomic E-state index is 12.1. The molecule has 21 heavy (non-hydrogen) atoms. The van der Waals surface area contributed by atoms with Gasteiger partial charge >= 0.3 is 0 Å². The quantitative estimate of drug-likeness (QED) is 0.386. The zero-order valence-corrected chi connectivity index (χ0v) is 12.7. The van der Waals surface area contributed by atoms with Crippen LogP contribution in [0.1, 0.15) is 26.2 Å². The van der Waals surface area contributed by atoms with Crippen LogP contribution < -0.4 is 10.6 Å². The minimum Gasteiger partial charge on any atom is -0.381 e. The molecule has 0 unspecified atom stereocenters. The van der Waals surface area contributed by atoms with E-state index in [-0.39, 0.29) is 0 Å². The highest BCUT2D eigenvalue weighted by Gasteiger charge is 2.13. The highest BCUT2D eigenvalue weighted by atomic mass is 19.3. The molecule has 0 atom stereocenters. The van der Waals surface area contributed by atoms with Gasteiger partial charge < -0.3 is 20.1 Å². The van der Waals surface area contributed by atoms with Gasteiger partial charge in [0, 0.05) is 39.5 Å². The van der Waals surface area contributed by atoms with Crippen molar-refractivity contribution in [3.05, 3.63) is 0 Å². The monoisotopic (exact) mass is 307 g/mol. The number of ether oxygens (including phenoxy) is 2. The van der Waals surface area contributed by atoms with Crippen LogP contribution in [0.15, 0.2) is 4.99 Å². The van der Waals surface area contributed by atoms with E-state index in [1.54, 1.807) is 0 Å². The summed E-state index contributed by atoms with van der Waals surface area (Å²) in [6, 6.07) is 0. The summed E-state index contributed by atoms with van der Waals surface area (Å²) in [5.74, 6) is 1.04. The second kappa shape index (κ2) is 11.7. The topological polar surface area (TPSA) is 54.9 Å². The van der Waals surface area contributed by atoms with Crippen LogP contribution in [-0.4, -0.2) is 58.4 Å². The third-order valence-corrected chi connectivity index (χ3v) is 3.18. The van der Waals surface area contributed by atoms with Crippen molar-refractivity contribution in [3.8, 4) is 0 Å². The Morgan fingerprint density at radius 1 is 1.33 bits per heavy atom. The standard InChI is InChI=1S/C14H27F2N3O2/c1-2-17-14(19-10-13(15)16)18-6-3-7-21-11-12-4-8-20-9-5-12/h12-13H,2-11H2,1H3,(H2,17,18,19). The summed E-state index contributed by atoms with van der Waals surface area (Å²) < 4.78 is 35.2. The first-order chi connectivity index (χ1) is 10.2. The van der Waals surface area contributed by atoms with Crippen molar-refractivity contribution in [1.29, 1.82) is 0 Å². The molecule has 1 heterocycles. The van der Waals surface area contributed by atoms with E-state index in [1.807, 2.05) is 6.92 Å². The van der Waals surface area contributed by atoms with E-state index in [9.17, 15) is 8.78 Å². The summed E-state index contributed by atoms with van der Waals surface area (Å²) >= 11 is 0. The first-order valence-corrected chi connectivity index (χ1v) is 7.68. The molecule has 0 saturated carbocycles. The number of halogens is 2. The van der Waals surface area contributed by atoms with Crippen LogP contribution in [0, 0.1) is 5.92 Å². The summed E-state index contributed by atoms with van der Waals surface area (Å²) in [6.07, 6.45) is 0.553. The molecule has 0 aliphatic carbocycles. The molecule has 1 rings (SSSR count). The zero-order valence-electron chi connectivity index (χ0n) is 12.7. The maximum Gasteiger partial charge on any atom is 0.257 e. The number of hydrogen-bond acceptors (Lipinski definition) is 3. The van der Waals surface area contributed by atoms with Crippen LogP contribution in [0.4, 0.5) is 8.78 Å². The van der Waals surface area contributed by atoms with Crippen molar-refractivity contribution in [3.63, 3.8) is 0 Å². The first kappa shape index (κ1) is 18.1. The highest BCUT2D eigenvalue weighted by molar-refractivity contribution is 5.79.